The Morgan fingerprint density at radius 1 is 1.32 bits per heavy atom. The number of aliphatic hydroxyl groups excluding tert-OH is 1. The van der Waals surface area contributed by atoms with E-state index >= 15 is 0 Å². The van der Waals surface area contributed by atoms with Gasteiger partial charge in [-0.05, 0) is 38.8 Å². The van der Waals surface area contributed by atoms with E-state index in [9.17, 15) is 5.11 Å². The van der Waals surface area contributed by atoms with Crippen LogP contribution in [0.25, 0.3) is 0 Å². The van der Waals surface area contributed by atoms with Gasteiger partial charge in [0, 0.05) is 26.1 Å². The van der Waals surface area contributed by atoms with Crippen LogP contribution in [0.1, 0.15) is 31.7 Å². The number of rotatable bonds is 7. The number of aliphatic imine (C=N–C) groups is 1. The lowest BCUT2D eigenvalue weighted by Crippen LogP contribution is -2.41. The molecule has 0 bridgehead atoms. The predicted molar refractivity (Wildman–Crippen MR) is 114 cm³/mol. The summed E-state index contributed by atoms with van der Waals surface area (Å²) < 4.78 is 5.79. The lowest BCUT2D eigenvalue weighted by Gasteiger charge is -2.23. The van der Waals surface area contributed by atoms with Crippen LogP contribution < -0.4 is 10.1 Å². The largest absolute Gasteiger partial charge is 0.492 e. The van der Waals surface area contributed by atoms with Gasteiger partial charge >= 0.3 is 0 Å². The van der Waals surface area contributed by atoms with Crippen LogP contribution in [0.2, 0.25) is 0 Å². The second kappa shape index (κ2) is 11.6. The van der Waals surface area contributed by atoms with Gasteiger partial charge in [-0.1, -0.05) is 24.1 Å². The zero-order valence-electron chi connectivity index (χ0n) is 15.6. The summed E-state index contributed by atoms with van der Waals surface area (Å²) in [5, 5.41) is 13.3. The molecule has 0 spiro atoms. The quantitative estimate of drug-likeness (QED) is 0.373. The van der Waals surface area contributed by atoms with Crippen LogP contribution in [-0.4, -0.2) is 55.4 Å². The molecule has 142 valence electrons. The molecule has 0 saturated heterocycles. The van der Waals surface area contributed by atoms with Gasteiger partial charge < -0.3 is 20.1 Å². The Morgan fingerprint density at radius 3 is 2.64 bits per heavy atom. The number of ether oxygens (including phenoxy) is 1. The van der Waals surface area contributed by atoms with Crippen molar-refractivity contribution in [2.24, 2.45) is 10.9 Å². The summed E-state index contributed by atoms with van der Waals surface area (Å²) in [4.78, 5) is 6.78. The molecule has 0 amide bonds. The Bertz CT molecular complexity index is 522. The molecule has 6 heteroatoms. The average Bonchev–Trinajstić information content (AvgIpc) is 2.98. The van der Waals surface area contributed by atoms with Crippen LogP contribution >= 0.6 is 24.0 Å². The number of aliphatic hydroxyl groups is 1. The Labute approximate surface area is 168 Å². The maximum absolute atomic E-state index is 9.93. The molecule has 25 heavy (non-hydrogen) atoms. The van der Waals surface area contributed by atoms with E-state index in [1.807, 2.05) is 19.2 Å². The van der Waals surface area contributed by atoms with Gasteiger partial charge in [-0.25, -0.2) is 0 Å². The summed E-state index contributed by atoms with van der Waals surface area (Å²) in [7, 11) is 2.02. The summed E-state index contributed by atoms with van der Waals surface area (Å²) in [5.74, 6) is 2.07. The minimum atomic E-state index is -0.188. The maximum Gasteiger partial charge on any atom is 0.193 e. The van der Waals surface area contributed by atoms with Crippen molar-refractivity contribution in [2.45, 2.75) is 39.2 Å². The number of likely N-dealkylation sites (N-methyl/N-ethyl adjacent to an activating group) is 1. The maximum atomic E-state index is 9.93. The van der Waals surface area contributed by atoms with Gasteiger partial charge in [0.25, 0.3) is 0 Å². The molecule has 0 heterocycles. The van der Waals surface area contributed by atoms with E-state index < -0.39 is 0 Å². The van der Waals surface area contributed by atoms with Crippen molar-refractivity contribution in [3.05, 3.63) is 29.8 Å². The molecule has 1 aliphatic rings. The predicted octanol–water partition coefficient (Wildman–Crippen LogP) is 3.05. The Kier molecular flexibility index (Phi) is 10.2. The number of nitrogens with one attached hydrogen (secondary N) is 1. The fourth-order valence-corrected chi connectivity index (χ4v) is 2.94. The van der Waals surface area contributed by atoms with Crippen molar-refractivity contribution in [1.82, 2.24) is 10.2 Å². The highest BCUT2D eigenvalue weighted by molar-refractivity contribution is 14.0. The van der Waals surface area contributed by atoms with E-state index in [2.05, 4.69) is 36.2 Å². The van der Waals surface area contributed by atoms with E-state index in [1.54, 1.807) is 0 Å². The molecule has 1 fully saturated rings. The number of halogens is 1. The van der Waals surface area contributed by atoms with Crippen molar-refractivity contribution in [3.8, 4) is 5.75 Å². The Morgan fingerprint density at radius 2 is 2.04 bits per heavy atom. The Balaban J connectivity index is 0.00000312. The molecule has 2 rings (SSSR count). The molecule has 1 aliphatic carbocycles. The summed E-state index contributed by atoms with van der Waals surface area (Å²) >= 11 is 0. The van der Waals surface area contributed by atoms with Gasteiger partial charge in [-0.15, -0.1) is 24.0 Å². The highest BCUT2D eigenvalue weighted by Gasteiger charge is 2.24. The van der Waals surface area contributed by atoms with Crippen molar-refractivity contribution in [2.75, 3.05) is 33.3 Å². The highest BCUT2D eigenvalue weighted by atomic mass is 127. The van der Waals surface area contributed by atoms with Crippen LogP contribution in [0.5, 0.6) is 5.75 Å². The molecule has 0 aliphatic heterocycles. The third kappa shape index (κ3) is 7.40. The van der Waals surface area contributed by atoms with Crippen molar-refractivity contribution >= 4 is 29.9 Å². The lowest BCUT2D eigenvalue weighted by atomic mass is 10.1. The summed E-state index contributed by atoms with van der Waals surface area (Å²) in [6.07, 6.45) is 2.91. The third-order valence-corrected chi connectivity index (χ3v) is 4.51. The lowest BCUT2D eigenvalue weighted by molar-refractivity contribution is 0.136. The first-order valence-corrected chi connectivity index (χ1v) is 8.97. The van der Waals surface area contributed by atoms with E-state index in [0.29, 0.717) is 19.1 Å². The van der Waals surface area contributed by atoms with Gasteiger partial charge in [0.1, 0.15) is 12.4 Å². The number of nitrogens with zero attached hydrogens (tertiary/aromatic N) is 2. The van der Waals surface area contributed by atoms with E-state index in [0.717, 1.165) is 44.1 Å². The SMILES string of the molecule is CCNC(=NCC1CCCC1O)N(C)CCOc1ccc(C)cc1.I. The average molecular weight is 461 g/mol. The molecular formula is C19H32IN3O2. The van der Waals surface area contributed by atoms with Crippen LogP contribution in [-0.2, 0) is 0 Å². The molecule has 1 aromatic rings. The minimum Gasteiger partial charge on any atom is -0.492 e. The number of hydrogen-bond donors (Lipinski definition) is 2. The van der Waals surface area contributed by atoms with Crippen molar-refractivity contribution in [1.29, 1.82) is 0 Å². The number of benzene rings is 1. The normalized spacial score (nSPS) is 20.1. The standard InChI is InChI=1S/C19H31N3O2.HI/c1-4-20-19(21-14-16-6-5-7-18(16)23)22(3)12-13-24-17-10-8-15(2)9-11-17;/h8-11,16,18,23H,4-7,12-14H2,1-3H3,(H,20,21);1H. The first kappa shape index (κ1) is 22.0. The van der Waals surface area contributed by atoms with Gasteiger partial charge in [-0.2, -0.15) is 0 Å². The monoisotopic (exact) mass is 461 g/mol. The van der Waals surface area contributed by atoms with E-state index in [4.69, 9.17) is 9.73 Å². The zero-order chi connectivity index (χ0) is 17.4. The number of aryl methyl sites for hydroxylation is 1. The van der Waals surface area contributed by atoms with Crippen molar-refractivity contribution < 1.29 is 9.84 Å². The first-order chi connectivity index (χ1) is 11.6. The van der Waals surface area contributed by atoms with Crippen LogP contribution in [0, 0.1) is 12.8 Å². The fraction of sp³-hybridized carbons (Fsp3) is 0.632. The molecule has 1 aromatic carbocycles. The molecule has 2 N–H and O–H groups in total. The topological polar surface area (TPSA) is 57.1 Å². The smallest absolute Gasteiger partial charge is 0.193 e. The molecule has 0 radical (unpaired) electrons. The van der Waals surface area contributed by atoms with Gasteiger partial charge in [-0.3, -0.25) is 4.99 Å². The summed E-state index contributed by atoms with van der Waals surface area (Å²) in [6.45, 7) is 7.01. The number of guanidine groups is 1. The summed E-state index contributed by atoms with van der Waals surface area (Å²) in [5.41, 5.74) is 1.23. The van der Waals surface area contributed by atoms with E-state index in [1.165, 1.54) is 5.56 Å². The minimum absolute atomic E-state index is 0. The second-order valence-corrected chi connectivity index (χ2v) is 6.54. The molecule has 1 saturated carbocycles. The van der Waals surface area contributed by atoms with Crippen LogP contribution in [0.15, 0.2) is 29.3 Å². The molecule has 0 aromatic heterocycles. The van der Waals surface area contributed by atoms with Crippen molar-refractivity contribution in [3.63, 3.8) is 0 Å². The molecule has 5 nitrogen and oxygen atoms in total. The fourth-order valence-electron chi connectivity index (χ4n) is 2.94. The summed E-state index contributed by atoms with van der Waals surface area (Å²) in [6, 6.07) is 8.10. The Hall–Kier alpha value is -1.02. The zero-order valence-corrected chi connectivity index (χ0v) is 17.9. The van der Waals surface area contributed by atoms with Gasteiger partial charge in [0.15, 0.2) is 5.96 Å². The number of hydrogen-bond acceptors (Lipinski definition) is 3. The van der Waals surface area contributed by atoms with Crippen LogP contribution in [0.3, 0.4) is 0 Å². The highest BCUT2D eigenvalue weighted by Crippen LogP contribution is 2.25. The van der Waals surface area contributed by atoms with Crippen LogP contribution in [0.4, 0.5) is 0 Å². The van der Waals surface area contributed by atoms with Gasteiger partial charge in [0.2, 0.25) is 0 Å². The molecular weight excluding hydrogens is 429 g/mol. The first-order valence-electron chi connectivity index (χ1n) is 8.97. The van der Waals surface area contributed by atoms with E-state index in [-0.39, 0.29) is 30.1 Å². The molecule has 2 atom stereocenters. The molecule has 2 unspecified atom stereocenters. The third-order valence-electron chi connectivity index (χ3n) is 4.51. The second-order valence-electron chi connectivity index (χ2n) is 6.54. The van der Waals surface area contributed by atoms with Gasteiger partial charge in [0.05, 0.1) is 12.6 Å².